The average molecular weight is 345 g/mol. The number of rotatable bonds is 5. The molecule has 2 fully saturated rings. The Labute approximate surface area is 136 Å². The molecular formula is C14H24N4O2S2. The van der Waals surface area contributed by atoms with Gasteiger partial charge in [0, 0.05) is 30.2 Å². The van der Waals surface area contributed by atoms with Gasteiger partial charge >= 0.3 is 0 Å². The highest BCUT2D eigenvalue weighted by Crippen LogP contribution is 2.24. The molecule has 1 aromatic heterocycles. The molecule has 1 aliphatic carbocycles. The second-order valence-electron chi connectivity index (χ2n) is 6.31. The third-order valence-corrected chi connectivity index (χ3v) is 7.27. The van der Waals surface area contributed by atoms with E-state index < -0.39 is 10.0 Å². The molecule has 0 amide bonds. The molecular weight excluding hydrogens is 320 g/mol. The van der Waals surface area contributed by atoms with Crippen molar-refractivity contribution < 1.29 is 8.42 Å². The number of hydrogen-bond donors (Lipinski definition) is 2. The Bertz CT molecular complexity index is 596. The molecule has 22 heavy (non-hydrogen) atoms. The van der Waals surface area contributed by atoms with Crippen molar-refractivity contribution in [3.8, 4) is 0 Å². The number of likely N-dealkylation sites (tertiary alicyclic amines) is 1. The number of anilines is 1. The van der Waals surface area contributed by atoms with Crippen LogP contribution < -0.4 is 10.5 Å². The zero-order valence-corrected chi connectivity index (χ0v) is 14.3. The van der Waals surface area contributed by atoms with Crippen molar-refractivity contribution in [1.29, 1.82) is 0 Å². The first kappa shape index (κ1) is 16.2. The van der Waals surface area contributed by atoms with Gasteiger partial charge in [0.05, 0.1) is 5.25 Å². The maximum atomic E-state index is 12.6. The SMILES string of the molecule is Nc1ncc(CN2CCCC(S(=O)(=O)NC3CCCC3)C2)s1. The molecule has 2 aliphatic rings. The predicted molar refractivity (Wildman–Crippen MR) is 89.1 cm³/mol. The Kier molecular flexibility index (Phi) is 5.01. The Hall–Kier alpha value is -0.700. The molecule has 2 heterocycles. The van der Waals surface area contributed by atoms with Gasteiger partial charge in [-0.25, -0.2) is 18.1 Å². The highest BCUT2D eigenvalue weighted by molar-refractivity contribution is 7.90. The van der Waals surface area contributed by atoms with Gasteiger partial charge in [0.25, 0.3) is 0 Å². The van der Waals surface area contributed by atoms with Crippen LogP contribution in [-0.4, -0.2) is 42.7 Å². The Morgan fingerprint density at radius 1 is 1.32 bits per heavy atom. The lowest BCUT2D eigenvalue weighted by Gasteiger charge is -2.32. The summed E-state index contributed by atoms with van der Waals surface area (Å²) in [6.45, 7) is 2.28. The van der Waals surface area contributed by atoms with Crippen LogP contribution in [0.2, 0.25) is 0 Å². The van der Waals surface area contributed by atoms with Gasteiger partial charge in [-0.1, -0.05) is 12.8 Å². The summed E-state index contributed by atoms with van der Waals surface area (Å²) in [5.74, 6) is 0. The molecule has 6 nitrogen and oxygen atoms in total. The summed E-state index contributed by atoms with van der Waals surface area (Å²) in [5.41, 5.74) is 5.65. The monoisotopic (exact) mass is 344 g/mol. The summed E-state index contributed by atoms with van der Waals surface area (Å²) in [4.78, 5) is 7.36. The standard InChI is InChI=1S/C14H24N4O2S2/c15-14-16-8-12(21-14)9-18-7-3-6-13(10-18)22(19,20)17-11-4-1-2-5-11/h8,11,13,17H,1-7,9-10H2,(H2,15,16). The van der Waals surface area contributed by atoms with Crippen LogP contribution >= 0.6 is 11.3 Å². The van der Waals surface area contributed by atoms with Crippen LogP contribution in [0.15, 0.2) is 6.20 Å². The number of thiazole rings is 1. The van der Waals surface area contributed by atoms with Gasteiger partial charge in [-0.15, -0.1) is 11.3 Å². The quantitative estimate of drug-likeness (QED) is 0.846. The molecule has 1 unspecified atom stereocenters. The molecule has 1 aromatic rings. The molecule has 8 heteroatoms. The van der Waals surface area contributed by atoms with Crippen molar-refractivity contribution >= 4 is 26.5 Å². The number of sulfonamides is 1. The molecule has 0 aromatic carbocycles. The molecule has 1 atom stereocenters. The van der Waals surface area contributed by atoms with Crippen LogP contribution in [0, 0.1) is 0 Å². The highest BCUT2D eigenvalue weighted by Gasteiger charge is 2.33. The van der Waals surface area contributed by atoms with E-state index in [1.807, 2.05) is 0 Å². The van der Waals surface area contributed by atoms with E-state index >= 15 is 0 Å². The topological polar surface area (TPSA) is 88.3 Å². The van der Waals surface area contributed by atoms with Gasteiger partial charge in [-0.2, -0.15) is 0 Å². The fourth-order valence-electron chi connectivity index (χ4n) is 3.40. The number of nitrogen functional groups attached to an aromatic ring is 1. The number of nitrogens with two attached hydrogens (primary N) is 1. The maximum Gasteiger partial charge on any atom is 0.215 e. The molecule has 0 spiro atoms. The zero-order valence-electron chi connectivity index (χ0n) is 12.7. The van der Waals surface area contributed by atoms with E-state index in [2.05, 4.69) is 14.6 Å². The van der Waals surface area contributed by atoms with Gasteiger partial charge in [-0.3, -0.25) is 4.90 Å². The lowest BCUT2D eigenvalue weighted by molar-refractivity contribution is 0.223. The van der Waals surface area contributed by atoms with Crippen molar-refractivity contribution in [1.82, 2.24) is 14.6 Å². The van der Waals surface area contributed by atoms with Crippen molar-refractivity contribution in [3.63, 3.8) is 0 Å². The van der Waals surface area contributed by atoms with Gasteiger partial charge in [0.1, 0.15) is 0 Å². The van der Waals surface area contributed by atoms with Gasteiger partial charge in [0.15, 0.2) is 5.13 Å². The molecule has 0 bridgehead atoms. The zero-order chi connectivity index (χ0) is 15.6. The Balaban J connectivity index is 1.59. The molecule has 1 aliphatic heterocycles. The van der Waals surface area contributed by atoms with E-state index in [4.69, 9.17) is 5.73 Å². The first-order valence-corrected chi connectivity index (χ1v) is 10.3. The minimum Gasteiger partial charge on any atom is -0.375 e. The van der Waals surface area contributed by atoms with Crippen molar-refractivity contribution in [2.75, 3.05) is 18.8 Å². The van der Waals surface area contributed by atoms with Crippen molar-refractivity contribution in [3.05, 3.63) is 11.1 Å². The lowest BCUT2D eigenvalue weighted by Crippen LogP contribution is -2.48. The van der Waals surface area contributed by atoms with Crippen LogP contribution in [0.4, 0.5) is 5.13 Å². The predicted octanol–water partition coefficient (Wildman–Crippen LogP) is 1.55. The summed E-state index contributed by atoms with van der Waals surface area (Å²) in [5, 5.41) is 0.270. The van der Waals surface area contributed by atoms with Crippen LogP contribution in [0.1, 0.15) is 43.4 Å². The second kappa shape index (κ2) is 6.82. The molecule has 1 saturated heterocycles. The molecule has 3 N–H and O–H groups in total. The molecule has 0 radical (unpaired) electrons. The number of nitrogens with one attached hydrogen (secondary N) is 1. The minimum atomic E-state index is -3.22. The first-order chi connectivity index (χ1) is 10.5. The normalized spacial score (nSPS) is 24.8. The average Bonchev–Trinajstić information content (AvgIpc) is 3.11. The van der Waals surface area contributed by atoms with Crippen molar-refractivity contribution in [2.45, 2.75) is 56.4 Å². The van der Waals surface area contributed by atoms with E-state index in [9.17, 15) is 8.42 Å². The van der Waals surface area contributed by atoms with Gasteiger partial charge < -0.3 is 5.73 Å². The number of piperidine rings is 1. The fraction of sp³-hybridized carbons (Fsp3) is 0.786. The van der Waals surface area contributed by atoms with E-state index in [0.29, 0.717) is 11.7 Å². The fourth-order valence-corrected chi connectivity index (χ4v) is 5.90. The summed E-state index contributed by atoms with van der Waals surface area (Å²) >= 11 is 1.48. The third kappa shape index (κ3) is 3.98. The Morgan fingerprint density at radius 3 is 2.77 bits per heavy atom. The third-order valence-electron chi connectivity index (χ3n) is 4.54. The van der Waals surface area contributed by atoms with E-state index in [1.54, 1.807) is 6.20 Å². The largest absolute Gasteiger partial charge is 0.375 e. The Morgan fingerprint density at radius 2 is 2.09 bits per heavy atom. The highest BCUT2D eigenvalue weighted by atomic mass is 32.2. The summed E-state index contributed by atoms with van der Waals surface area (Å²) in [6.07, 6.45) is 7.70. The van der Waals surface area contributed by atoms with Crippen LogP contribution in [-0.2, 0) is 16.6 Å². The lowest BCUT2D eigenvalue weighted by atomic mass is 10.1. The first-order valence-electron chi connectivity index (χ1n) is 7.96. The van der Waals surface area contributed by atoms with Crippen molar-refractivity contribution in [2.24, 2.45) is 0 Å². The van der Waals surface area contributed by atoms with Crippen LogP contribution in [0.25, 0.3) is 0 Å². The second-order valence-corrected chi connectivity index (χ2v) is 9.45. The molecule has 124 valence electrons. The molecule has 3 rings (SSSR count). The number of aromatic nitrogens is 1. The van der Waals surface area contributed by atoms with Crippen LogP contribution in [0.5, 0.6) is 0 Å². The van der Waals surface area contributed by atoms with E-state index in [0.717, 1.165) is 56.5 Å². The van der Waals surface area contributed by atoms with Gasteiger partial charge in [-0.05, 0) is 32.2 Å². The van der Waals surface area contributed by atoms with Crippen LogP contribution in [0.3, 0.4) is 0 Å². The maximum absolute atomic E-state index is 12.6. The molecule has 1 saturated carbocycles. The van der Waals surface area contributed by atoms with E-state index in [1.165, 1.54) is 11.3 Å². The summed E-state index contributed by atoms with van der Waals surface area (Å²) in [7, 11) is -3.22. The summed E-state index contributed by atoms with van der Waals surface area (Å²) < 4.78 is 28.1. The van der Waals surface area contributed by atoms with Gasteiger partial charge in [0.2, 0.25) is 10.0 Å². The smallest absolute Gasteiger partial charge is 0.215 e. The number of nitrogens with zero attached hydrogens (tertiary/aromatic N) is 2. The summed E-state index contributed by atoms with van der Waals surface area (Å²) in [6, 6.07) is 0.154. The minimum absolute atomic E-state index is 0.154. The number of hydrogen-bond acceptors (Lipinski definition) is 6. The van der Waals surface area contributed by atoms with E-state index in [-0.39, 0.29) is 11.3 Å².